The standard InChI is InChI=1S/C26H33N5O3/c1-5-25(32)30-13-11-29(12-14-30)9-6-10-31-18-23(22-7-8-24(27-2)28-26(22)31)19-15-20(33-3)17-21(16-19)34-4/h5,7-8,15-18H,1,6,9-14H2,2-4H3,(H,27,28). The van der Waals surface area contributed by atoms with Crippen LogP contribution in [-0.2, 0) is 11.3 Å². The highest BCUT2D eigenvalue weighted by Crippen LogP contribution is 2.35. The molecule has 0 aliphatic carbocycles. The Morgan fingerprint density at radius 2 is 1.79 bits per heavy atom. The summed E-state index contributed by atoms with van der Waals surface area (Å²) in [5.74, 6) is 2.37. The Labute approximate surface area is 200 Å². The van der Waals surface area contributed by atoms with Gasteiger partial charge in [-0.25, -0.2) is 4.98 Å². The number of aromatic nitrogens is 2. The molecule has 0 saturated carbocycles. The topological polar surface area (TPSA) is 71.9 Å². The molecule has 1 aliphatic rings. The van der Waals surface area contributed by atoms with Gasteiger partial charge in [-0.3, -0.25) is 9.69 Å². The molecule has 0 spiro atoms. The van der Waals surface area contributed by atoms with Gasteiger partial charge in [0.05, 0.1) is 14.2 Å². The lowest BCUT2D eigenvalue weighted by Gasteiger charge is -2.34. The van der Waals surface area contributed by atoms with Crippen LogP contribution in [0.3, 0.4) is 0 Å². The molecule has 34 heavy (non-hydrogen) atoms. The minimum Gasteiger partial charge on any atom is -0.497 e. The van der Waals surface area contributed by atoms with Crippen molar-refractivity contribution in [3.05, 3.63) is 49.2 Å². The average molecular weight is 464 g/mol. The van der Waals surface area contributed by atoms with Crippen molar-refractivity contribution in [3.8, 4) is 22.6 Å². The lowest BCUT2D eigenvalue weighted by Crippen LogP contribution is -2.48. The third-order valence-electron chi connectivity index (χ3n) is 6.37. The van der Waals surface area contributed by atoms with Crippen molar-refractivity contribution in [1.29, 1.82) is 0 Å². The van der Waals surface area contributed by atoms with Gasteiger partial charge in [-0.15, -0.1) is 0 Å². The fourth-order valence-corrected chi connectivity index (χ4v) is 4.45. The predicted octanol–water partition coefficient (Wildman–Crippen LogP) is 3.48. The first kappa shape index (κ1) is 23.6. The molecule has 0 unspecified atom stereocenters. The van der Waals surface area contributed by atoms with Crippen LogP contribution in [0, 0.1) is 0 Å². The number of fused-ring (bicyclic) bond motifs is 1. The Bertz CT molecular complexity index is 1140. The van der Waals surface area contributed by atoms with Crippen LogP contribution in [0.1, 0.15) is 6.42 Å². The molecule has 1 fully saturated rings. The third-order valence-corrected chi connectivity index (χ3v) is 6.37. The molecule has 0 atom stereocenters. The second kappa shape index (κ2) is 10.6. The maximum absolute atomic E-state index is 11.8. The highest BCUT2D eigenvalue weighted by atomic mass is 16.5. The van der Waals surface area contributed by atoms with Crippen LogP contribution < -0.4 is 14.8 Å². The number of anilines is 1. The monoisotopic (exact) mass is 463 g/mol. The number of amides is 1. The van der Waals surface area contributed by atoms with E-state index >= 15 is 0 Å². The van der Waals surface area contributed by atoms with Gasteiger partial charge < -0.3 is 24.3 Å². The first-order valence-corrected chi connectivity index (χ1v) is 11.6. The van der Waals surface area contributed by atoms with Crippen LogP contribution in [0.2, 0.25) is 0 Å². The molecule has 2 aromatic heterocycles. The van der Waals surface area contributed by atoms with E-state index < -0.39 is 0 Å². The zero-order valence-corrected chi connectivity index (χ0v) is 20.2. The summed E-state index contributed by atoms with van der Waals surface area (Å²) in [4.78, 5) is 20.9. The molecule has 8 nitrogen and oxygen atoms in total. The molecule has 0 bridgehead atoms. The highest BCUT2D eigenvalue weighted by molar-refractivity contribution is 5.95. The molecule has 180 valence electrons. The Hall–Kier alpha value is -3.52. The number of hydrogen-bond donors (Lipinski definition) is 1. The number of methoxy groups -OCH3 is 2. The van der Waals surface area contributed by atoms with E-state index in [0.717, 1.165) is 85.2 Å². The van der Waals surface area contributed by atoms with Gasteiger partial charge in [-0.1, -0.05) is 6.58 Å². The number of ether oxygens (including phenoxy) is 2. The molecular formula is C26H33N5O3. The van der Waals surface area contributed by atoms with Crippen LogP contribution in [0.15, 0.2) is 49.2 Å². The number of carbonyl (C=O) groups excluding carboxylic acids is 1. The normalized spacial score (nSPS) is 14.3. The number of aryl methyl sites for hydroxylation is 1. The van der Waals surface area contributed by atoms with Crippen molar-refractivity contribution in [3.63, 3.8) is 0 Å². The van der Waals surface area contributed by atoms with Gasteiger partial charge in [0.2, 0.25) is 5.91 Å². The summed E-state index contributed by atoms with van der Waals surface area (Å²) in [5.41, 5.74) is 3.07. The number of pyridine rings is 1. The van der Waals surface area contributed by atoms with E-state index in [0.29, 0.717) is 0 Å². The Morgan fingerprint density at radius 3 is 2.41 bits per heavy atom. The molecule has 1 aliphatic heterocycles. The smallest absolute Gasteiger partial charge is 0.246 e. The van der Waals surface area contributed by atoms with Gasteiger partial charge in [0.25, 0.3) is 0 Å². The summed E-state index contributed by atoms with van der Waals surface area (Å²) < 4.78 is 13.2. The lowest BCUT2D eigenvalue weighted by atomic mass is 10.1. The van der Waals surface area contributed by atoms with E-state index in [9.17, 15) is 4.79 Å². The maximum atomic E-state index is 11.8. The van der Waals surface area contributed by atoms with E-state index in [1.807, 2.05) is 36.2 Å². The fraction of sp³-hybridized carbons (Fsp3) is 0.385. The van der Waals surface area contributed by atoms with Gasteiger partial charge in [-0.05, 0) is 48.9 Å². The van der Waals surface area contributed by atoms with Crippen LogP contribution >= 0.6 is 0 Å². The molecular weight excluding hydrogens is 430 g/mol. The van der Waals surface area contributed by atoms with Gasteiger partial charge in [0.1, 0.15) is 23.0 Å². The average Bonchev–Trinajstić information content (AvgIpc) is 3.25. The van der Waals surface area contributed by atoms with Crippen molar-refractivity contribution in [1.82, 2.24) is 19.4 Å². The van der Waals surface area contributed by atoms with Gasteiger partial charge in [0, 0.05) is 63.0 Å². The van der Waals surface area contributed by atoms with Gasteiger partial charge >= 0.3 is 0 Å². The molecule has 8 heteroatoms. The van der Waals surface area contributed by atoms with E-state index in [-0.39, 0.29) is 5.91 Å². The van der Waals surface area contributed by atoms with Crippen LogP contribution in [-0.4, -0.2) is 79.2 Å². The van der Waals surface area contributed by atoms with Crippen molar-refractivity contribution in [2.75, 3.05) is 59.3 Å². The largest absolute Gasteiger partial charge is 0.497 e. The Morgan fingerprint density at radius 1 is 1.09 bits per heavy atom. The van der Waals surface area contributed by atoms with Crippen molar-refractivity contribution >= 4 is 22.8 Å². The molecule has 3 aromatic rings. The lowest BCUT2D eigenvalue weighted by molar-refractivity contribution is -0.127. The minimum absolute atomic E-state index is 0.0200. The summed E-state index contributed by atoms with van der Waals surface area (Å²) in [7, 11) is 5.21. The first-order chi connectivity index (χ1) is 16.6. The van der Waals surface area contributed by atoms with Crippen molar-refractivity contribution in [2.45, 2.75) is 13.0 Å². The van der Waals surface area contributed by atoms with E-state index in [2.05, 4.69) is 33.6 Å². The number of rotatable bonds is 9. The number of hydrogen-bond acceptors (Lipinski definition) is 6. The number of carbonyl (C=O) groups is 1. The molecule has 4 rings (SSSR count). The number of benzene rings is 1. The predicted molar refractivity (Wildman–Crippen MR) is 136 cm³/mol. The molecule has 1 saturated heterocycles. The Balaban J connectivity index is 1.54. The number of nitrogens with zero attached hydrogens (tertiary/aromatic N) is 4. The highest BCUT2D eigenvalue weighted by Gasteiger charge is 2.19. The summed E-state index contributed by atoms with van der Waals surface area (Å²) in [6.07, 6.45) is 4.56. The molecule has 1 N–H and O–H groups in total. The van der Waals surface area contributed by atoms with E-state index in [1.165, 1.54) is 6.08 Å². The number of piperazine rings is 1. The van der Waals surface area contributed by atoms with Crippen LogP contribution in [0.25, 0.3) is 22.2 Å². The zero-order valence-electron chi connectivity index (χ0n) is 20.2. The van der Waals surface area contributed by atoms with Crippen LogP contribution in [0.4, 0.5) is 5.82 Å². The SMILES string of the molecule is C=CC(=O)N1CCN(CCCn2cc(-c3cc(OC)cc(OC)c3)c3ccc(NC)nc32)CC1. The summed E-state index contributed by atoms with van der Waals surface area (Å²) >= 11 is 0. The minimum atomic E-state index is 0.0200. The quantitative estimate of drug-likeness (QED) is 0.490. The second-order valence-corrected chi connectivity index (χ2v) is 8.38. The number of nitrogens with one attached hydrogen (secondary N) is 1. The summed E-state index contributed by atoms with van der Waals surface area (Å²) in [6, 6.07) is 10.0. The maximum Gasteiger partial charge on any atom is 0.246 e. The Kier molecular flexibility index (Phi) is 7.37. The van der Waals surface area contributed by atoms with Gasteiger partial charge in [-0.2, -0.15) is 0 Å². The van der Waals surface area contributed by atoms with Crippen molar-refractivity contribution in [2.24, 2.45) is 0 Å². The van der Waals surface area contributed by atoms with Crippen molar-refractivity contribution < 1.29 is 14.3 Å². The summed E-state index contributed by atoms with van der Waals surface area (Å²) in [5, 5.41) is 4.23. The summed E-state index contributed by atoms with van der Waals surface area (Å²) in [6.45, 7) is 8.71. The van der Waals surface area contributed by atoms with Gasteiger partial charge in [0.15, 0.2) is 0 Å². The fourth-order valence-electron chi connectivity index (χ4n) is 4.45. The molecule has 1 amide bonds. The third kappa shape index (κ3) is 5.02. The first-order valence-electron chi connectivity index (χ1n) is 11.6. The second-order valence-electron chi connectivity index (χ2n) is 8.38. The van der Waals surface area contributed by atoms with E-state index in [1.54, 1.807) is 14.2 Å². The molecule has 3 heterocycles. The molecule has 1 aromatic carbocycles. The zero-order chi connectivity index (χ0) is 24.1. The van der Waals surface area contributed by atoms with Crippen LogP contribution in [0.5, 0.6) is 11.5 Å². The van der Waals surface area contributed by atoms with E-state index in [4.69, 9.17) is 14.5 Å². The molecule has 0 radical (unpaired) electrons.